The molecule has 2 N–H and O–H groups in total. The Bertz CT molecular complexity index is 354. The van der Waals surface area contributed by atoms with Gasteiger partial charge < -0.3 is 10.4 Å². The molecule has 0 amide bonds. The zero-order valence-electron chi connectivity index (χ0n) is 9.47. The standard InChI is InChI=1S/C12H16N2OS/c1-9(12(8-15)16-2)14-11-5-3-10(7-13)4-6-11/h3-6,9,12,14-15H,8H2,1-2H3. The van der Waals surface area contributed by atoms with Crippen LogP contribution in [0.1, 0.15) is 12.5 Å². The molecule has 3 nitrogen and oxygen atoms in total. The lowest BCUT2D eigenvalue weighted by atomic mass is 10.2. The predicted molar refractivity (Wildman–Crippen MR) is 68.6 cm³/mol. The van der Waals surface area contributed by atoms with E-state index in [0.717, 1.165) is 5.69 Å². The molecule has 0 bridgehead atoms. The molecular formula is C12H16N2OS. The number of nitrogens with one attached hydrogen (secondary N) is 1. The highest BCUT2D eigenvalue weighted by Gasteiger charge is 2.14. The third-order valence-electron chi connectivity index (χ3n) is 2.45. The lowest BCUT2D eigenvalue weighted by Crippen LogP contribution is -2.30. The summed E-state index contributed by atoms with van der Waals surface area (Å²) in [5.41, 5.74) is 1.63. The first-order valence-corrected chi connectivity index (χ1v) is 6.40. The van der Waals surface area contributed by atoms with Crippen molar-refractivity contribution in [1.82, 2.24) is 0 Å². The van der Waals surface area contributed by atoms with Gasteiger partial charge in [-0.05, 0) is 37.4 Å². The maximum Gasteiger partial charge on any atom is 0.0991 e. The summed E-state index contributed by atoms with van der Waals surface area (Å²) in [6.45, 7) is 2.20. The molecule has 0 spiro atoms. The van der Waals surface area contributed by atoms with E-state index in [1.165, 1.54) is 0 Å². The minimum atomic E-state index is 0.158. The molecule has 0 aromatic heterocycles. The summed E-state index contributed by atoms with van der Waals surface area (Å²) in [6, 6.07) is 9.59. The van der Waals surface area contributed by atoms with Crippen LogP contribution < -0.4 is 5.32 Å². The van der Waals surface area contributed by atoms with Crippen molar-refractivity contribution < 1.29 is 5.11 Å². The predicted octanol–water partition coefficient (Wildman–Crippen LogP) is 2.08. The van der Waals surface area contributed by atoms with Crippen LogP contribution in [-0.2, 0) is 0 Å². The van der Waals surface area contributed by atoms with Crippen molar-refractivity contribution in [3.8, 4) is 6.07 Å². The number of thioether (sulfide) groups is 1. The van der Waals surface area contributed by atoms with Crippen LogP contribution >= 0.6 is 11.8 Å². The van der Waals surface area contributed by atoms with Crippen molar-refractivity contribution in [2.75, 3.05) is 18.2 Å². The van der Waals surface area contributed by atoms with Crippen LogP contribution in [0.4, 0.5) is 5.69 Å². The van der Waals surface area contributed by atoms with Gasteiger partial charge in [0.25, 0.3) is 0 Å². The Morgan fingerprint density at radius 2 is 2.06 bits per heavy atom. The molecule has 0 aliphatic carbocycles. The number of aliphatic hydroxyl groups is 1. The Hall–Kier alpha value is -1.18. The van der Waals surface area contributed by atoms with Crippen LogP contribution in [0.3, 0.4) is 0 Å². The van der Waals surface area contributed by atoms with E-state index in [9.17, 15) is 0 Å². The minimum Gasteiger partial charge on any atom is -0.395 e. The van der Waals surface area contributed by atoms with Crippen molar-refractivity contribution in [1.29, 1.82) is 5.26 Å². The molecule has 1 aromatic carbocycles. The second-order valence-corrected chi connectivity index (χ2v) is 4.66. The lowest BCUT2D eigenvalue weighted by molar-refractivity contribution is 0.288. The van der Waals surface area contributed by atoms with E-state index < -0.39 is 0 Å². The van der Waals surface area contributed by atoms with E-state index in [4.69, 9.17) is 10.4 Å². The topological polar surface area (TPSA) is 56.0 Å². The summed E-state index contributed by atoms with van der Waals surface area (Å²) >= 11 is 1.64. The molecule has 16 heavy (non-hydrogen) atoms. The van der Waals surface area contributed by atoms with Gasteiger partial charge in [0.2, 0.25) is 0 Å². The van der Waals surface area contributed by atoms with Crippen LogP contribution in [0.15, 0.2) is 24.3 Å². The molecule has 0 fully saturated rings. The first-order valence-electron chi connectivity index (χ1n) is 5.11. The maximum atomic E-state index is 9.15. The van der Waals surface area contributed by atoms with Crippen molar-refractivity contribution in [2.45, 2.75) is 18.2 Å². The van der Waals surface area contributed by atoms with Gasteiger partial charge in [0.1, 0.15) is 0 Å². The van der Waals surface area contributed by atoms with Gasteiger partial charge >= 0.3 is 0 Å². The van der Waals surface area contributed by atoms with Crippen LogP contribution in [0.2, 0.25) is 0 Å². The molecule has 86 valence electrons. The number of nitrogens with zero attached hydrogens (tertiary/aromatic N) is 1. The Balaban J connectivity index is 2.62. The molecule has 2 atom stereocenters. The number of hydrogen-bond donors (Lipinski definition) is 2. The molecule has 0 heterocycles. The number of nitriles is 1. The fourth-order valence-electron chi connectivity index (χ4n) is 1.43. The molecule has 1 rings (SSSR count). The van der Waals surface area contributed by atoms with Crippen molar-refractivity contribution in [2.24, 2.45) is 0 Å². The third kappa shape index (κ3) is 3.44. The highest BCUT2D eigenvalue weighted by Crippen LogP contribution is 2.16. The average molecular weight is 236 g/mol. The summed E-state index contributed by atoms with van der Waals surface area (Å²) in [5.74, 6) is 0. The van der Waals surface area contributed by atoms with Crippen LogP contribution in [0.25, 0.3) is 0 Å². The first kappa shape index (κ1) is 12.9. The van der Waals surface area contributed by atoms with E-state index in [-0.39, 0.29) is 17.9 Å². The number of aliphatic hydroxyl groups excluding tert-OH is 1. The van der Waals surface area contributed by atoms with E-state index in [2.05, 4.69) is 11.4 Å². The number of anilines is 1. The highest BCUT2D eigenvalue weighted by atomic mass is 32.2. The molecule has 0 saturated heterocycles. The Kier molecular flexibility index (Phi) is 5.17. The fourth-order valence-corrected chi connectivity index (χ4v) is 2.06. The van der Waals surface area contributed by atoms with Crippen molar-refractivity contribution in [3.63, 3.8) is 0 Å². The smallest absolute Gasteiger partial charge is 0.0991 e. The molecule has 0 saturated carbocycles. The summed E-state index contributed by atoms with van der Waals surface area (Å²) < 4.78 is 0. The molecule has 2 unspecified atom stereocenters. The maximum absolute atomic E-state index is 9.15. The van der Waals surface area contributed by atoms with Gasteiger partial charge in [0.05, 0.1) is 18.2 Å². The SMILES string of the molecule is CSC(CO)C(C)Nc1ccc(C#N)cc1. The number of benzene rings is 1. The van der Waals surface area contributed by atoms with Gasteiger partial charge in [-0.3, -0.25) is 0 Å². The molecule has 0 aliphatic rings. The quantitative estimate of drug-likeness (QED) is 0.822. The van der Waals surface area contributed by atoms with Gasteiger partial charge in [0, 0.05) is 17.0 Å². The van der Waals surface area contributed by atoms with E-state index in [1.54, 1.807) is 23.9 Å². The molecule has 4 heteroatoms. The third-order valence-corrected chi connectivity index (χ3v) is 3.61. The van der Waals surface area contributed by atoms with Crippen molar-refractivity contribution >= 4 is 17.4 Å². The molecular weight excluding hydrogens is 220 g/mol. The zero-order valence-corrected chi connectivity index (χ0v) is 10.3. The molecule has 1 aromatic rings. The summed E-state index contributed by atoms with van der Waals surface area (Å²) in [7, 11) is 0. The van der Waals surface area contributed by atoms with Crippen LogP contribution in [-0.4, -0.2) is 29.3 Å². The largest absolute Gasteiger partial charge is 0.395 e. The van der Waals surface area contributed by atoms with Crippen LogP contribution in [0.5, 0.6) is 0 Å². The summed E-state index contributed by atoms with van der Waals surface area (Å²) in [6.07, 6.45) is 1.98. The normalized spacial score (nSPS) is 13.9. The molecule has 0 aliphatic heterocycles. The Morgan fingerprint density at radius 3 is 2.50 bits per heavy atom. The van der Waals surface area contributed by atoms with E-state index in [0.29, 0.717) is 5.56 Å². The minimum absolute atomic E-state index is 0.158. The van der Waals surface area contributed by atoms with Gasteiger partial charge in [-0.15, -0.1) is 0 Å². The lowest BCUT2D eigenvalue weighted by Gasteiger charge is -2.22. The van der Waals surface area contributed by atoms with E-state index in [1.807, 2.05) is 25.3 Å². The number of hydrogen-bond acceptors (Lipinski definition) is 4. The van der Waals surface area contributed by atoms with Gasteiger partial charge in [0.15, 0.2) is 0 Å². The summed E-state index contributed by atoms with van der Waals surface area (Å²) in [5, 5.41) is 21.3. The van der Waals surface area contributed by atoms with Crippen molar-refractivity contribution in [3.05, 3.63) is 29.8 Å². The highest BCUT2D eigenvalue weighted by molar-refractivity contribution is 7.99. The second-order valence-electron chi connectivity index (χ2n) is 3.58. The zero-order chi connectivity index (χ0) is 12.0. The average Bonchev–Trinajstić information content (AvgIpc) is 2.31. The first-order chi connectivity index (χ1) is 7.71. The Labute approximate surface area is 100 Å². The van der Waals surface area contributed by atoms with Gasteiger partial charge in [-0.2, -0.15) is 17.0 Å². The molecule has 0 radical (unpaired) electrons. The number of rotatable bonds is 5. The second kappa shape index (κ2) is 6.41. The van der Waals surface area contributed by atoms with Crippen LogP contribution in [0, 0.1) is 11.3 Å². The summed E-state index contributed by atoms with van der Waals surface area (Å²) in [4.78, 5) is 0. The Morgan fingerprint density at radius 1 is 1.44 bits per heavy atom. The monoisotopic (exact) mass is 236 g/mol. The van der Waals surface area contributed by atoms with Gasteiger partial charge in [-0.25, -0.2) is 0 Å². The van der Waals surface area contributed by atoms with Gasteiger partial charge in [-0.1, -0.05) is 0 Å². The fraction of sp³-hybridized carbons (Fsp3) is 0.417. The van der Waals surface area contributed by atoms with E-state index >= 15 is 0 Å².